The number of carbonyl (C=O) groups excluding carboxylic acids is 2. The zero-order valence-corrected chi connectivity index (χ0v) is 14.1. The number of rotatable bonds is 4. The molecule has 3 aromatic rings. The molecule has 6 heteroatoms. The van der Waals surface area contributed by atoms with Gasteiger partial charge in [0.1, 0.15) is 11.8 Å². The molecule has 1 fully saturated rings. The average Bonchev–Trinajstić information content (AvgIpc) is 3.33. The molecule has 0 bridgehead atoms. The van der Waals surface area contributed by atoms with E-state index in [0.29, 0.717) is 23.7 Å². The summed E-state index contributed by atoms with van der Waals surface area (Å²) in [5.41, 5.74) is 2.75. The number of hydrogen-bond acceptors (Lipinski definition) is 3. The van der Waals surface area contributed by atoms with Crippen LogP contribution in [0.1, 0.15) is 23.3 Å². The van der Waals surface area contributed by atoms with Gasteiger partial charge >= 0.3 is 0 Å². The Morgan fingerprint density at radius 2 is 1.73 bits per heavy atom. The van der Waals surface area contributed by atoms with Crippen LogP contribution in [0, 0.1) is 0 Å². The van der Waals surface area contributed by atoms with Crippen LogP contribution in [0.5, 0.6) is 0 Å². The van der Waals surface area contributed by atoms with Crippen molar-refractivity contribution in [3.05, 3.63) is 60.3 Å². The summed E-state index contributed by atoms with van der Waals surface area (Å²) >= 11 is 0. The van der Waals surface area contributed by atoms with Gasteiger partial charge in [0.05, 0.1) is 0 Å². The number of aromatic amines is 1. The highest BCUT2D eigenvalue weighted by Gasteiger charge is 2.23. The Balaban J connectivity index is 1.40. The van der Waals surface area contributed by atoms with Gasteiger partial charge in [-0.15, -0.1) is 0 Å². The molecule has 1 unspecified atom stereocenters. The van der Waals surface area contributed by atoms with Gasteiger partial charge in [-0.3, -0.25) is 9.59 Å². The van der Waals surface area contributed by atoms with Crippen LogP contribution in [-0.4, -0.2) is 29.5 Å². The fraction of sp³-hybridized carbons (Fsp3) is 0.200. The van der Waals surface area contributed by atoms with Crippen LogP contribution in [0.4, 0.5) is 11.4 Å². The van der Waals surface area contributed by atoms with Crippen LogP contribution in [-0.2, 0) is 9.53 Å². The molecule has 1 aliphatic heterocycles. The van der Waals surface area contributed by atoms with E-state index < -0.39 is 0 Å². The van der Waals surface area contributed by atoms with Crippen molar-refractivity contribution in [2.75, 3.05) is 17.2 Å². The van der Waals surface area contributed by atoms with Gasteiger partial charge in [0.15, 0.2) is 0 Å². The summed E-state index contributed by atoms with van der Waals surface area (Å²) in [5.74, 6) is -0.338. The van der Waals surface area contributed by atoms with E-state index in [1.165, 1.54) is 0 Å². The summed E-state index contributed by atoms with van der Waals surface area (Å²) < 4.78 is 5.36. The lowest BCUT2D eigenvalue weighted by Gasteiger charge is -2.11. The maximum Gasteiger partial charge on any atom is 0.272 e. The highest BCUT2D eigenvalue weighted by molar-refractivity contribution is 6.06. The Morgan fingerprint density at radius 3 is 2.42 bits per heavy atom. The van der Waals surface area contributed by atoms with Crippen molar-refractivity contribution in [3.8, 4) is 0 Å². The Morgan fingerprint density at radius 1 is 1.00 bits per heavy atom. The molecule has 0 spiro atoms. The second kappa shape index (κ2) is 7.01. The fourth-order valence-corrected chi connectivity index (χ4v) is 3.04. The number of H-pyrrole nitrogens is 1. The third kappa shape index (κ3) is 3.45. The van der Waals surface area contributed by atoms with E-state index in [0.717, 1.165) is 23.7 Å². The number of nitrogens with one attached hydrogen (secondary N) is 3. The van der Waals surface area contributed by atoms with E-state index in [-0.39, 0.29) is 17.9 Å². The third-order valence-corrected chi connectivity index (χ3v) is 4.41. The maximum absolute atomic E-state index is 12.4. The first-order chi connectivity index (χ1) is 12.7. The first-order valence-electron chi connectivity index (χ1n) is 8.61. The Bertz CT molecular complexity index is 907. The molecule has 1 aromatic heterocycles. The Labute approximate surface area is 150 Å². The van der Waals surface area contributed by atoms with Gasteiger partial charge in [0.25, 0.3) is 11.8 Å². The van der Waals surface area contributed by atoms with Crippen LogP contribution in [0.15, 0.2) is 54.6 Å². The van der Waals surface area contributed by atoms with Crippen molar-refractivity contribution in [1.82, 2.24) is 4.98 Å². The number of aromatic nitrogens is 1. The molecular weight excluding hydrogens is 330 g/mol. The maximum atomic E-state index is 12.4. The van der Waals surface area contributed by atoms with E-state index in [1.807, 2.05) is 30.3 Å². The molecule has 1 aliphatic rings. The van der Waals surface area contributed by atoms with Gasteiger partial charge in [-0.05, 0) is 49.2 Å². The highest BCUT2D eigenvalue weighted by atomic mass is 16.5. The Kier molecular flexibility index (Phi) is 4.41. The number of ether oxygens (including phenoxy) is 1. The van der Waals surface area contributed by atoms with Crippen LogP contribution in [0.25, 0.3) is 10.9 Å². The van der Waals surface area contributed by atoms with Gasteiger partial charge in [-0.25, -0.2) is 0 Å². The lowest BCUT2D eigenvalue weighted by Crippen LogP contribution is -2.26. The molecule has 1 atom stereocenters. The Hall–Kier alpha value is -3.12. The average molecular weight is 349 g/mol. The van der Waals surface area contributed by atoms with Crippen molar-refractivity contribution in [3.63, 3.8) is 0 Å². The van der Waals surface area contributed by atoms with Crippen LogP contribution < -0.4 is 10.6 Å². The van der Waals surface area contributed by atoms with Crippen LogP contribution in [0.2, 0.25) is 0 Å². The molecule has 3 N–H and O–H groups in total. The van der Waals surface area contributed by atoms with Crippen LogP contribution in [0.3, 0.4) is 0 Å². The molecule has 132 valence electrons. The van der Waals surface area contributed by atoms with Gasteiger partial charge in [0.2, 0.25) is 0 Å². The summed E-state index contributed by atoms with van der Waals surface area (Å²) in [4.78, 5) is 27.5. The van der Waals surface area contributed by atoms with Crippen molar-refractivity contribution in [2.24, 2.45) is 0 Å². The van der Waals surface area contributed by atoms with Gasteiger partial charge in [-0.1, -0.05) is 18.2 Å². The predicted molar refractivity (Wildman–Crippen MR) is 100 cm³/mol. The molecule has 0 aliphatic carbocycles. The van der Waals surface area contributed by atoms with E-state index in [2.05, 4.69) is 15.6 Å². The largest absolute Gasteiger partial charge is 0.368 e. The predicted octanol–water partition coefficient (Wildman–Crippen LogP) is 3.54. The second-order valence-corrected chi connectivity index (χ2v) is 6.29. The minimum absolute atomic E-state index is 0.127. The minimum atomic E-state index is -0.364. The first-order valence-corrected chi connectivity index (χ1v) is 8.61. The normalized spacial score (nSPS) is 16.5. The number of hydrogen-bond donors (Lipinski definition) is 3. The minimum Gasteiger partial charge on any atom is -0.368 e. The van der Waals surface area contributed by atoms with Crippen molar-refractivity contribution >= 4 is 34.1 Å². The van der Waals surface area contributed by atoms with E-state index in [1.54, 1.807) is 24.3 Å². The molecule has 0 saturated carbocycles. The number of fused-ring (bicyclic) bond motifs is 1. The lowest BCUT2D eigenvalue weighted by atomic mass is 10.2. The lowest BCUT2D eigenvalue weighted by molar-refractivity contribution is -0.124. The van der Waals surface area contributed by atoms with Crippen LogP contribution >= 0.6 is 0 Å². The molecule has 2 heterocycles. The number of benzene rings is 2. The number of carbonyl (C=O) groups is 2. The van der Waals surface area contributed by atoms with E-state index in [4.69, 9.17) is 4.74 Å². The van der Waals surface area contributed by atoms with Crippen molar-refractivity contribution in [1.29, 1.82) is 0 Å². The number of para-hydroxylation sites is 1. The quantitative estimate of drug-likeness (QED) is 0.674. The highest BCUT2D eigenvalue weighted by Crippen LogP contribution is 2.19. The third-order valence-electron chi connectivity index (χ3n) is 4.41. The summed E-state index contributed by atoms with van der Waals surface area (Å²) in [6, 6.07) is 16.6. The fourth-order valence-electron chi connectivity index (χ4n) is 3.04. The molecule has 4 rings (SSSR count). The van der Waals surface area contributed by atoms with Gasteiger partial charge in [-0.2, -0.15) is 0 Å². The molecular formula is C20H19N3O3. The summed E-state index contributed by atoms with van der Waals surface area (Å²) in [7, 11) is 0. The molecule has 1 saturated heterocycles. The molecule has 2 amide bonds. The van der Waals surface area contributed by atoms with Crippen molar-refractivity contribution < 1.29 is 14.3 Å². The van der Waals surface area contributed by atoms with Gasteiger partial charge < -0.3 is 20.4 Å². The van der Waals surface area contributed by atoms with Crippen molar-refractivity contribution in [2.45, 2.75) is 18.9 Å². The molecule has 2 aromatic carbocycles. The topological polar surface area (TPSA) is 83.2 Å². The number of anilines is 2. The van der Waals surface area contributed by atoms with E-state index >= 15 is 0 Å². The molecule has 26 heavy (non-hydrogen) atoms. The summed E-state index contributed by atoms with van der Waals surface area (Å²) in [6.07, 6.45) is 1.30. The van der Waals surface area contributed by atoms with E-state index in [9.17, 15) is 9.59 Å². The number of amides is 2. The molecule has 6 nitrogen and oxygen atoms in total. The zero-order valence-electron chi connectivity index (χ0n) is 14.1. The smallest absolute Gasteiger partial charge is 0.272 e. The second-order valence-electron chi connectivity index (χ2n) is 6.29. The first kappa shape index (κ1) is 16.4. The van der Waals surface area contributed by atoms with Gasteiger partial charge in [0, 0.05) is 28.9 Å². The zero-order chi connectivity index (χ0) is 17.9. The summed E-state index contributed by atoms with van der Waals surface area (Å²) in [5, 5.41) is 6.67. The molecule has 0 radical (unpaired) electrons. The summed E-state index contributed by atoms with van der Waals surface area (Å²) in [6.45, 7) is 0.636. The standard InChI is InChI=1S/C20H19N3O3/c24-19(17-12-13-4-1-2-5-16(13)23-17)21-14-7-9-15(10-8-14)22-20(25)18-6-3-11-26-18/h1-2,4-5,7-10,12,18,23H,3,6,11H2,(H,21,24)(H,22,25). The SMILES string of the molecule is O=C(Nc1ccc(NC(=O)C2CCCO2)cc1)c1cc2ccccc2[nH]1. The monoisotopic (exact) mass is 349 g/mol.